The van der Waals surface area contributed by atoms with Gasteiger partial charge in [0.1, 0.15) is 0 Å². The van der Waals surface area contributed by atoms with Crippen LogP contribution in [0.5, 0.6) is 0 Å². The summed E-state index contributed by atoms with van der Waals surface area (Å²) in [6.45, 7) is 2.35. The maximum atomic E-state index is 3.55. The standard InChI is InChI=1S/C11H12Br2/c1-11(6-9(11)7-12)8-2-4-10(13)5-3-8/h2-5,9H,6-7H2,1H3. The van der Waals surface area contributed by atoms with Crippen molar-refractivity contribution in [2.24, 2.45) is 5.92 Å². The highest BCUT2D eigenvalue weighted by molar-refractivity contribution is 9.10. The highest BCUT2D eigenvalue weighted by Gasteiger charge is 2.49. The minimum Gasteiger partial charge on any atom is -0.0925 e. The number of hydrogen-bond acceptors (Lipinski definition) is 0. The molecule has 1 aliphatic rings. The lowest BCUT2D eigenvalue weighted by Crippen LogP contribution is -2.04. The van der Waals surface area contributed by atoms with Crippen LogP contribution in [0.2, 0.25) is 0 Å². The van der Waals surface area contributed by atoms with Crippen molar-refractivity contribution in [3.63, 3.8) is 0 Å². The van der Waals surface area contributed by atoms with Crippen LogP contribution in [0.3, 0.4) is 0 Å². The van der Waals surface area contributed by atoms with Crippen LogP contribution < -0.4 is 0 Å². The Morgan fingerprint density at radius 3 is 2.46 bits per heavy atom. The van der Waals surface area contributed by atoms with Crippen molar-refractivity contribution in [3.05, 3.63) is 34.3 Å². The fraction of sp³-hybridized carbons (Fsp3) is 0.455. The van der Waals surface area contributed by atoms with Gasteiger partial charge in [-0.1, -0.05) is 50.9 Å². The summed E-state index contributed by atoms with van der Waals surface area (Å²) in [6, 6.07) is 8.72. The summed E-state index contributed by atoms with van der Waals surface area (Å²) in [6.07, 6.45) is 1.32. The minimum atomic E-state index is 0.435. The normalized spacial score (nSPS) is 31.8. The summed E-state index contributed by atoms with van der Waals surface area (Å²) in [5.41, 5.74) is 1.91. The van der Waals surface area contributed by atoms with E-state index >= 15 is 0 Å². The Labute approximate surface area is 96.0 Å². The Morgan fingerprint density at radius 2 is 2.00 bits per heavy atom. The van der Waals surface area contributed by atoms with E-state index in [0.29, 0.717) is 5.41 Å². The van der Waals surface area contributed by atoms with Gasteiger partial charge in [-0.15, -0.1) is 0 Å². The summed E-state index contributed by atoms with van der Waals surface area (Å²) in [7, 11) is 0. The smallest absolute Gasteiger partial charge is 0.0175 e. The van der Waals surface area contributed by atoms with E-state index in [-0.39, 0.29) is 0 Å². The molecule has 0 aliphatic heterocycles. The highest BCUT2D eigenvalue weighted by Crippen LogP contribution is 2.54. The lowest BCUT2D eigenvalue weighted by molar-refractivity contribution is 0.710. The van der Waals surface area contributed by atoms with E-state index in [0.717, 1.165) is 15.7 Å². The fourth-order valence-corrected chi connectivity index (χ4v) is 3.07. The number of rotatable bonds is 2. The van der Waals surface area contributed by atoms with Gasteiger partial charge >= 0.3 is 0 Å². The molecule has 1 fully saturated rings. The molecule has 70 valence electrons. The Morgan fingerprint density at radius 1 is 1.38 bits per heavy atom. The van der Waals surface area contributed by atoms with Crippen LogP contribution in [0.25, 0.3) is 0 Å². The number of alkyl halides is 1. The van der Waals surface area contributed by atoms with Crippen molar-refractivity contribution in [1.82, 2.24) is 0 Å². The second-order valence-electron chi connectivity index (χ2n) is 3.98. The van der Waals surface area contributed by atoms with E-state index in [2.05, 4.69) is 63.0 Å². The van der Waals surface area contributed by atoms with Gasteiger partial charge in [-0.05, 0) is 35.4 Å². The first-order valence-electron chi connectivity index (χ1n) is 4.49. The highest BCUT2D eigenvalue weighted by atomic mass is 79.9. The maximum Gasteiger partial charge on any atom is 0.0175 e. The van der Waals surface area contributed by atoms with Gasteiger partial charge < -0.3 is 0 Å². The average Bonchev–Trinajstić information content (AvgIpc) is 2.80. The Balaban J connectivity index is 2.23. The molecule has 2 heteroatoms. The molecule has 1 aliphatic carbocycles. The van der Waals surface area contributed by atoms with Crippen LogP contribution in [-0.4, -0.2) is 5.33 Å². The largest absolute Gasteiger partial charge is 0.0925 e. The Hall–Kier alpha value is 0.180. The predicted octanol–water partition coefficient (Wildman–Crippen LogP) is 4.12. The van der Waals surface area contributed by atoms with E-state index in [4.69, 9.17) is 0 Å². The molecule has 0 heterocycles. The van der Waals surface area contributed by atoms with Crippen molar-refractivity contribution >= 4 is 31.9 Å². The molecule has 0 nitrogen and oxygen atoms in total. The van der Waals surface area contributed by atoms with E-state index in [1.807, 2.05) is 0 Å². The van der Waals surface area contributed by atoms with Crippen molar-refractivity contribution in [2.45, 2.75) is 18.8 Å². The van der Waals surface area contributed by atoms with Crippen LogP contribution in [-0.2, 0) is 5.41 Å². The molecular formula is C11H12Br2. The van der Waals surface area contributed by atoms with Crippen molar-refractivity contribution in [2.75, 3.05) is 5.33 Å². The van der Waals surface area contributed by atoms with E-state index in [1.54, 1.807) is 0 Å². The first-order chi connectivity index (χ1) is 6.16. The average molecular weight is 304 g/mol. The van der Waals surface area contributed by atoms with Gasteiger partial charge in [0.25, 0.3) is 0 Å². The SMILES string of the molecule is CC1(c2ccc(Br)cc2)CC1CBr. The Bertz CT molecular complexity index is 304. The van der Waals surface area contributed by atoms with Gasteiger partial charge in [-0.25, -0.2) is 0 Å². The predicted molar refractivity (Wildman–Crippen MR) is 63.4 cm³/mol. The van der Waals surface area contributed by atoms with Gasteiger partial charge in [0.05, 0.1) is 0 Å². The van der Waals surface area contributed by atoms with Crippen LogP contribution in [0.1, 0.15) is 18.9 Å². The summed E-state index contributed by atoms with van der Waals surface area (Å²) in [5, 5.41) is 1.12. The molecule has 0 bridgehead atoms. The monoisotopic (exact) mass is 302 g/mol. The van der Waals surface area contributed by atoms with Gasteiger partial charge in [0.2, 0.25) is 0 Å². The molecule has 13 heavy (non-hydrogen) atoms. The van der Waals surface area contributed by atoms with Crippen LogP contribution in [0.15, 0.2) is 28.7 Å². The molecule has 0 spiro atoms. The molecular weight excluding hydrogens is 292 g/mol. The van der Waals surface area contributed by atoms with Gasteiger partial charge in [0.15, 0.2) is 0 Å². The van der Waals surface area contributed by atoms with Gasteiger partial charge in [0, 0.05) is 9.80 Å². The molecule has 0 radical (unpaired) electrons. The molecule has 0 amide bonds. The first-order valence-corrected chi connectivity index (χ1v) is 6.40. The summed E-state index contributed by atoms with van der Waals surface area (Å²) in [5.74, 6) is 0.827. The molecule has 2 unspecified atom stereocenters. The molecule has 1 saturated carbocycles. The molecule has 1 aromatic rings. The van der Waals surface area contributed by atoms with Gasteiger partial charge in [-0.2, -0.15) is 0 Å². The van der Waals surface area contributed by atoms with Crippen LogP contribution in [0.4, 0.5) is 0 Å². The van der Waals surface area contributed by atoms with E-state index < -0.39 is 0 Å². The second-order valence-corrected chi connectivity index (χ2v) is 5.54. The van der Waals surface area contributed by atoms with E-state index in [1.165, 1.54) is 12.0 Å². The maximum absolute atomic E-state index is 3.55. The number of halogens is 2. The third kappa shape index (κ3) is 1.71. The third-order valence-electron chi connectivity index (χ3n) is 3.10. The summed E-state index contributed by atoms with van der Waals surface area (Å²) >= 11 is 7.01. The zero-order valence-electron chi connectivity index (χ0n) is 7.56. The first kappa shape index (κ1) is 9.72. The molecule has 0 N–H and O–H groups in total. The topological polar surface area (TPSA) is 0 Å². The lowest BCUT2D eigenvalue weighted by atomic mass is 9.96. The van der Waals surface area contributed by atoms with Crippen molar-refractivity contribution in [3.8, 4) is 0 Å². The molecule has 0 saturated heterocycles. The molecule has 2 atom stereocenters. The van der Waals surface area contributed by atoms with E-state index in [9.17, 15) is 0 Å². The van der Waals surface area contributed by atoms with Crippen molar-refractivity contribution in [1.29, 1.82) is 0 Å². The lowest BCUT2D eigenvalue weighted by Gasteiger charge is -2.10. The number of hydrogen-bond donors (Lipinski definition) is 0. The zero-order chi connectivity index (χ0) is 9.47. The summed E-state index contributed by atoms with van der Waals surface area (Å²) < 4.78 is 1.16. The van der Waals surface area contributed by atoms with Crippen LogP contribution in [0, 0.1) is 5.92 Å². The van der Waals surface area contributed by atoms with Gasteiger partial charge in [-0.3, -0.25) is 0 Å². The number of benzene rings is 1. The quantitative estimate of drug-likeness (QED) is 0.721. The fourth-order valence-electron chi connectivity index (χ4n) is 1.86. The molecule has 1 aromatic carbocycles. The molecule has 2 rings (SSSR count). The van der Waals surface area contributed by atoms with Crippen molar-refractivity contribution < 1.29 is 0 Å². The Kier molecular flexibility index (Phi) is 2.54. The third-order valence-corrected chi connectivity index (χ3v) is 4.41. The second kappa shape index (κ2) is 3.39. The van der Waals surface area contributed by atoms with Crippen LogP contribution >= 0.6 is 31.9 Å². The minimum absolute atomic E-state index is 0.435. The summed E-state index contributed by atoms with van der Waals surface area (Å²) in [4.78, 5) is 0. The molecule has 0 aromatic heterocycles. The zero-order valence-corrected chi connectivity index (χ0v) is 10.7.